The molecule has 1 amide bonds. The maximum atomic E-state index is 11.9. The second-order valence-corrected chi connectivity index (χ2v) is 4.82. The van der Waals surface area contributed by atoms with E-state index in [0.29, 0.717) is 12.2 Å². The summed E-state index contributed by atoms with van der Waals surface area (Å²) >= 11 is 0. The lowest BCUT2D eigenvalue weighted by Crippen LogP contribution is -2.11. The van der Waals surface area contributed by atoms with Gasteiger partial charge in [0.15, 0.2) is 0 Å². The molecule has 7 heteroatoms. The van der Waals surface area contributed by atoms with E-state index in [4.69, 9.17) is 5.73 Å². The highest BCUT2D eigenvalue weighted by atomic mass is 16.1. The lowest BCUT2D eigenvalue weighted by Gasteiger charge is -2.06. The number of benzene rings is 1. The first-order valence-corrected chi connectivity index (χ1v) is 7.13. The van der Waals surface area contributed by atoms with Crippen LogP contribution in [-0.4, -0.2) is 33.1 Å². The minimum Gasteiger partial charge on any atom is -0.330 e. The van der Waals surface area contributed by atoms with E-state index in [1.807, 2.05) is 24.3 Å². The highest BCUT2D eigenvalue weighted by Gasteiger charge is 2.06. The van der Waals surface area contributed by atoms with E-state index in [0.717, 1.165) is 43.5 Å². The van der Waals surface area contributed by atoms with Gasteiger partial charge in [-0.3, -0.25) is 4.79 Å². The Morgan fingerprint density at radius 3 is 2.86 bits per heavy atom. The normalized spacial score (nSPS) is 10.5. The first-order valence-electron chi connectivity index (χ1n) is 7.13. The molecule has 0 unspecified atom stereocenters. The van der Waals surface area contributed by atoms with Gasteiger partial charge in [0.25, 0.3) is 0 Å². The molecule has 0 spiro atoms. The lowest BCUT2D eigenvalue weighted by molar-refractivity contribution is -0.116. The second kappa shape index (κ2) is 8.11. The predicted octanol–water partition coefficient (Wildman–Crippen LogP) is 1.71. The zero-order chi connectivity index (χ0) is 14.9. The van der Waals surface area contributed by atoms with E-state index in [2.05, 4.69) is 25.9 Å². The van der Waals surface area contributed by atoms with Crippen molar-refractivity contribution in [2.45, 2.75) is 32.1 Å². The molecule has 1 aromatic heterocycles. The topological polar surface area (TPSA) is 110 Å². The van der Waals surface area contributed by atoms with E-state index in [9.17, 15) is 4.79 Å². The molecule has 112 valence electrons. The molecule has 0 fully saturated rings. The minimum absolute atomic E-state index is 0.0213. The van der Waals surface area contributed by atoms with Crippen LogP contribution < -0.4 is 11.1 Å². The van der Waals surface area contributed by atoms with E-state index >= 15 is 0 Å². The van der Waals surface area contributed by atoms with Gasteiger partial charge in [0.05, 0.1) is 0 Å². The summed E-state index contributed by atoms with van der Waals surface area (Å²) in [5.74, 6) is 0.529. The Balaban J connectivity index is 1.82. The van der Waals surface area contributed by atoms with Crippen LogP contribution in [0, 0.1) is 0 Å². The van der Waals surface area contributed by atoms with Gasteiger partial charge >= 0.3 is 0 Å². The summed E-state index contributed by atoms with van der Waals surface area (Å²) in [6.07, 6.45) is 4.55. The maximum absolute atomic E-state index is 11.9. The second-order valence-electron chi connectivity index (χ2n) is 4.82. The number of carbonyl (C=O) groups excluding carboxylic acids is 1. The molecule has 0 aliphatic heterocycles. The Kier molecular flexibility index (Phi) is 5.83. The monoisotopic (exact) mass is 288 g/mol. The maximum Gasteiger partial charge on any atom is 0.224 e. The number of rotatable bonds is 8. The summed E-state index contributed by atoms with van der Waals surface area (Å²) < 4.78 is 0. The fraction of sp³-hybridized carbons (Fsp3) is 0.429. The molecule has 0 saturated heterocycles. The van der Waals surface area contributed by atoms with E-state index in [1.54, 1.807) is 0 Å². The number of aromatic amines is 1. The van der Waals surface area contributed by atoms with E-state index in [-0.39, 0.29) is 5.91 Å². The molecule has 4 N–H and O–H groups in total. The largest absolute Gasteiger partial charge is 0.330 e. The molecule has 0 saturated carbocycles. The highest BCUT2D eigenvalue weighted by Crippen LogP contribution is 2.18. The number of tetrazole rings is 1. The molecule has 0 radical (unpaired) electrons. The van der Waals surface area contributed by atoms with Crippen LogP contribution in [0.5, 0.6) is 0 Å². The van der Waals surface area contributed by atoms with Crippen molar-refractivity contribution in [1.82, 2.24) is 20.6 Å². The first-order chi connectivity index (χ1) is 10.3. The third-order valence-corrected chi connectivity index (χ3v) is 3.11. The molecule has 0 aliphatic carbocycles. The van der Waals surface area contributed by atoms with Gasteiger partial charge in [0.1, 0.15) is 0 Å². The van der Waals surface area contributed by atoms with E-state index < -0.39 is 0 Å². The minimum atomic E-state index is 0.0213. The third kappa shape index (κ3) is 4.96. The average Bonchev–Trinajstić information content (AvgIpc) is 3.01. The van der Waals surface area contributed by atoms with Gasteiger partial charge < -0.3 is 11.1 Å². The molecule has 1 heterocycles. The molecule has 0 aliphatic rings. The first kappa shape index (κ1) is 15.1. The summed E-state index contributed by atoms with van der Waals surface area (Å²) in [6.45, 7) is 0.717. The fourth-order valence-corrected chi connectivity index (χ4v) is 2.03. The molecule has 2 aromatic rings. The van der Waals surface area contributed by atoms with Gasteiger partial charge in [-0.25, -0.2) is 0 Å². The molecular formula is C14H20N6O. The van der Waals surface area contributed by atoms with Gasteiger partial charge in [-0.2, -0.15) is 5.21 Å². The third-order valence-electron chi connectivity index (χ3n) is 3.11. The van der Waals surface area contributed by atoms with Crippen LogP contribution >= 0.6 is 0 Å². The number of carbonyl (C=O) groups is 1. The average molecular weight is 288 g/mol. The van der Waals surface area contributed by atoms with Crippen molar-refractivity contribution < 1.29 is 4.79 Å². The Morgan fingerprint density at radius 2 is 2.10 bits per heavy atom. The Hall–Kier alpha value is -2.28. The van der Waals surface area contributed by atoms with Gasteiger partial charge in [-0.15, -0.1) is 10.2 Å². The number of nitrogens with zero attached hydrogens (tertiary/aromatic N) is 3. The zero-order valence-corrected chi connectivity index (χ0v) is 11.9. The molecular weight excluding hydrogens is 268 g/mol. The summed E-state index contributed by atoms with van der Waals surface area (Å²) in [5.41, 5.74) is 6.98. The number of H-pyrrole nitrogens is 1. The van der Waals surface area contributed by atoms with Gasteiger partial charge in [-0.05, 0) is 36.7 Å². The molecule has 1 aromatic carbocycles. The predicted molar refractivity (Wildman–Crippen MR) is 80.4 cm³/mol. The van der Waals surface area contributed by atoms with Gasteiger partial charge in [0, 0.05) is 17.7 Å². The molecule has 0 atom stereocenters. The lowest BCUT2D eigenvalue weighted by atomic mass is 10.1. The summed E-state index contributed by atoms with van der Waals surface area (Å²) in [5, 5.41) is 16.6. The SMILES string of the molecule is NCCCCCCC(=O)Nc1cccc(-c2nn[nH]n2)c1. The molecule has 0 bridgehead atoms. The molecule has 21 heavy (non-hydrogen) atoms. The number of aromatic nitrogens is 4. The summed E-state index contributed by atoms with van der Waals surface area (Å²) in [4.78, 5) is 11.9. The summed E-state index contributed by atoms with van der Waals surface area (Å²) in [7, 11) is 0. The summed E-state index contributed by atoms with van der Waals surface area (Å²) in [6, 6.07) is 7.39. The van der Waals surface area contributed by atoms with Crippen molar-refractivity contribution in [3.05, 3.63) is 24.3 Å². The van der Waals surface area contributed by atoms with Crippen molar-refractivity contribution in [2.75, 3.05) is 11.9 Å². The smallest absolute Gasteiger partial charge is 0.224 e. The number of anilines is 1. The van der Waals surface area contributed by atoms with Crippen LogP contribution in [-0.2, 0) is 4.79 Å². The number of amides is 1. The van der Waals surface area contributed by atoms with Crippen LogP contribution in [0.2, 0.25) is 0 Å². The van der Waals surface area contributed by atoms with Crippen molar-refractivity contribution >= 4 is 11.6 Å². The standard InChI is InChI=1S/C14H20N6O/c15-9-4-2-1-3-8-13(21)16-12-7-5-6-11(10-12)14-17-19-20-18-14/h5-7,10H,1-4,8-9,15H2,(H,16,21)(H,17,18,19,20). The fourth-order valence-electron chi connectivity index (χ4n) is 2.03. The number of unbranched alkanes of at least 4 members (excludes halogenated alkanes) is 3. The number of nitrogens with one attached hydrogen (secondary N) is 2. The van der Waals surface area contributed by atoms with Crippen LogP contribution in [0.3, 0.4) is 0 Å². The van der Waals surface area contributed by atoms with Gasteiger partial charge in [-0.1, -0.05) is 25.0 Å². The quantitative estimate of drug-likeness (QED) is 0.641. The van der Waals surface area contributed by atoms with Crippen LogP contribution in [0.25, 0.3) is 11.4 Å². The van der Waals surface area contributed by atoms with Crippen molar-refractivity contribution in [1.29, 1.82) is 0 Å². The zero-order valence-electron chi connectivity index (χ0n) is 11.9. The van der Waals surface area contributed by atoms with Crippen LogP contribution in [0.15, 0.2) is 24.3 Å². The highest BCUT2D eigenvalue weighted by molar-refractivity contribution is 5.91. The Labute approximate surface area is 123 Å². The Bertz CT molecular complexity index is 554. The van der Waals surface area contributed by atoms with E-state index in [1.165, 1.54) is 0 Å². The van der Waals surface area contributed by atoms with Crippen LogP contribution in [0.4, 0.5) is 5.69 Å². The van der Waals surface area contributed by atoms with Crippen molar-refractivity contribution in [3.63, 3.8) is 0 Å². The van der Waals surface area contributed by atoms with Gasteiger partial charge in [0.2, 0.25) is 11.7 Å². The number of hydrogen-bond acceptors (Lipinski definition) is 5. The number of nitrogens with two attached hydrogens (primary N) is 1. The van der Waals surface area contributed by atoms with Crippen molar-refractivity contribution in [2.24, 2.45) is 5.73 Å². The van der Waals surface area contributed by atoms with Crippen LogP contribution in [0.1, 0.15) is 32.1 Å². The molecule has 2 rings (SSSR count). The number of hydrogen-bond donors (Lipinski definition) is 3. The Morgan fingerprint density at radius 1 is 1.24 bits per heavy atom. The van der Waals surface area contributed by atoms with Crippen molar-refractivity contribution in [3.8, 4) is 11.4 Å². The molecule has 7 nitrogen and oxygen atoms in total.